The maximum atomic E-state index is 11.2. The van der Waals surface area contributed by atoms with Crippen molar-refractivity contribution in [2.75, 3.05) is 13.2 Å². The quantitative estimate of drug-likeness (QED) is 0.670. The lowest BCUT2D eigenvalue weighted by atomic mass is 9.79. The molecule has 1 N–H and O–H groups in total. The van der Waals surface area contributed by atoms with Crippen molar-refractivity contribution in [2.24, 2.45) is 0 Å². The van der Waals surface area contributed by atoms with Gasteiger partial charge in [-0.2, -0.15) is 0 Å². The third-order valence-corrected chi connectivity index (χ3v) is 2.44. The van der Waals surface area contributed by atoms with E-state index in [2.05, 4.69) is 0 Å². The molecule has 1 heterocycles. The molecular formula is C10H10O3. The Morgan fingerprint density at radius 1 is 1.38 bits per heavy atom. The summed E-state index contributed by atoms with van der Waals surface area (Å²) >= 11 is 0. The molecule has 13 heavy (non-hydrogen) atoms. The number of cyclic esters (lactones) is 1. The van der Waals surface area contributed by atoms with E-state index >= 15 is 0 Å². The van der Waals surface area contributed by atoms with E-state index in [1.54, 1.807) is 0 Å². The van der Waals surface area contributed by atoms with E-state index in [9.17, 15) is 4.79 Å². The molecule has 0 amide bonds. The standard InChI is InChI=1S/C10H10O3/c11-6-10(7-13-9(10)12)8-4-2-1-3-5-8/h1-5,11H,6-7H2. The van der Waals surface area contributed by atoms with Crippen LogP contribution in [0.2, 0.25) is 0 Å². The highest BCUT2D eigenvalue weighted by molar-refractivity contribution is 5.88. The van der Waals surface area contributed by atoms with Crippen molar-refractivity contribution in [3.63, 3.8) is 0 Å². The van der Waals surface area contributed by atoms with Crippen molar-refractivity contribution >= 4 is 5.97 Å². The highest BCUT2D eigenvalue weighted by atomic mass is 16.6. The second-order valence-electron chi connectivity index (χ2n) is 3.18. The lowest BCUT2D eigenvalue weighted by molar-refractivity contribution is -0.177. The Morgan fingerprint density at radius 3 is 2.46 bits per heavy atom. The molecule has 0 aromatic heterocycles. The highest BCUT2D eigenvalue weighted by Crippen LogP contribution is 2.32. The number of benzene rings is 1. The number of carbonyl (C=O) groups excluding carboxylic acids is 1. The summed E-state index contributed by atoms with van der Waals surface area (Å²) in [4.78, 5) is 11.2. The van der Waals surface area contributed by atoms with Gasteiger partial charge in [0.15, 0.2) is 0 Å². The Morgan fingerprint density at radius 2 is 2.08 bits per heavy atom. The van der Waals surface area contributed by atoms with Crippen LogP contribution in [0.25, 0.3) is 0 Å². The van der Waals surface area contributed by atoms with Crippen molar-refractivity contribution in [3.05, 3.63) is 35.9 Å². The maximum absolute atomic E-state index is 11.2. The number of hydrogen-bond donors (Lipinski definition) is 1. The van der Waals surface area contributed by atoms with E-state index in [1.807, 2.05) is 30.3 Å². The fourth-order valence-electron chi connectivity index (χ4n) is 1.47. The number of hydrogen-bond acceptors (Lipinski definition) is 3. The molecule has 1 aromatic rings. The van der Waals surface area contributed by atoms with Gasteiger partial charge in [0.1, 0.15) is 12.0 Å². The van der Waals surface area contributed by atoms with Crippen LogP contribution in [0.1, 0.15) is 5.56 Å². The first kappa shape index (κ1) is 8.26. The molecule has 1 aliphatic heterocycles. The minimum absolute atomic E-state index is 0.185. The summed E-state index contributed by atoms with van der Waals surface area (Å²) in [5.74, 6) is -0.332. The number of esters is 1. The Balaban J connectivity index is 2.38. The molecule has 0 spiro atoms. The van der Waals surface area contributed by atoms with Gasteiger partial charge in [-0.1, -0.05) is 30.3 Å². The number of aliphatic hydroxyl groups excluding tert-OH is 1. The smallest absolute Gasteiger partial charge is 0.322 e. The normalized spacial score (nSPS) is 26.4. The van der Waals surface area contributed by atoms with Crippen LogP contribution in [0.3, 0.4) is 0 Å². The zero-order chi connectivity index (χ0) is 9.31. The van der Waals surface area contributed by atoms with Crippen molar-refractivity contribution < 1.29 is 14.6 Å². The largest absolute Gasteiger partial charge is 0.463 e. The molecule has 1 aliphatic rings. The molecule has 0 saturated carbocycles. The van der Waals surface area contributed by atoms with Gasteiger partial charge in [-0.15, -0.1) is 0 Å². The minimum atomic E-state index is -0.790. The number of carbonyl (C=O) groups is 1. The lowest BCUT2D eigenvalue weighted by Gasteiger charge is -2.37. The van der Waals surface area contributed by atoms with Gasteiger partial charge in [0.05, 0.1) is 6.61 Å². The summed E-state index contributed by atoms with van der Waals surface area (Å²) in [6, 6.07) is 9.22. The predicted octanol–water partition coefficient (Wildman–Crippen LogP) is 0.474. The number of rotatable bonds is 2. The van der Waals surface area contributed by atoms with Gasteiger partial charge in [-0.3, -0.25) is 4.79 Å². The molecule has 0 aliphatic carbocycles. The van der Waals surface area contributed by atoms with Crippen LogP contribution in [-0.4, -0.2) is 24.3 Å². The zero-order valence-corrected chi connectivity index (χ0v) is 7.06. The SMILES string of the molecule is O=C1OCC1(CO)c1ccccc1. The molecule has 1 unspecified atom stereocenters. The molecule has 1 atom stereocenters. The molecule has 1 fully saturated rings. The van der Waals surface area contributed by atoms with Crippen molar-refractivity contribution in [2.45, 2.75) is 5.41 Å². The third kappa shape index (κ3) is 1.04. The van der Waals surface area contributed by atoms with Crippen molar-refractivity contribution in [1.29, 1.82) is 0 Å². The van der Waals surface area contributed by atoms with Gasteiger partial charge in [-0.05, 0) is 5.56 Å². The van der Waals surface area contributed by atoms with Gasteiger partial charge in [0.2, 0.25) is 0 Å². The summed E-state index contributed by atoms with van der Waals surface area (Å²) in [5, 5.41) is 9.16. The Bertz CT molecular complexity index is 316. The molecule has 68 valence electrons. The summed E-state index contributed by atoms with van der Waals surface area (Å²) in [6.07, 6.45) is 0. The van der Waals surface area contributed by atoms with E-state index in [-0.39, 0.29) is 19.2 Å². The Hall–Kier alpha value is -1.35. The van der Waals surface area contributed by atoms with Crippen LogP contribution in [0.15, 0.2) is 30.3 Å². The summed E-state index contributed by atoms with van der Waals surface area (Å²) in [7, 11) is 0. The second kappa shape index (κ2) is 2.85. The van der Waals surface area contributed by atoms with Gasteiger partial charge in [-0.25, -0.2) is 0 Å². The maximum Gasteiger partial charge on any atom is 0.322 e. The Kier molecular flexibility index (Phi) is 1.81. The zero-order valence-electron chi connectivity index (χ0n) is 7.06. The van der Waals surface area contributed by atoms with Gasteiger partial charge in [0, 0.05) is 0 Å². The van der Waals surface area contributed by atoms with E-state index < -0.39 is 5.41 Å². The van der Waals surface area contributed by atoms with Crippen LogP contribution < -0.4 is 0 Å². The molecule has 2 rings (SSSR count). The average Bonchev–Trinajstić information content (AvgIpc) is 2.19. The van der Waals surface area contributed by atoms with E-state index in [0.29, 0.717) is 0 Å². The Labute approximate surface area is 76.0 Å². The first-order chi connectivity index (χ1) is 6.29. The molecule has 3 heteroatoms. The van der Waals surface area contributed by atoms with E-state index in [0.717, 1.165) is 5.56 Å². The monoisotopic (exact) mass is 178 g/mol. The van der Waals surface area contributed by atoms with Gasteiger partial charge < -0.3 is 9.84 Å². The summed E-state index contributed by atoms with van der Waals surface area (Å²) in [5.41, 5.74) is 0.0371. The predicted molar refractivity (Wildman–Crippen MR) is 46.2 cm³/mol. The van der Waals surface area contributed by atoms with Crippen molar-refractivity contribution in [1.82, 2.24) is 0 Å². The minimum Gasteiger partial charge on any atom is -0.463 e. The van der Waals surface area contributed by atoms with E-state index in [1.165, 1.54) is 0 Å². The molecular weight excluding hydrogens is 168 g/mol. The van der Waals surface area contributed by atoms with Crippen LogP contribution in [0.5, 0.6) is 0 Å². The number of aliphatic hydroxyl groups is 1. The van der Waals surface area contributed by atoms with Gasteiger partial charge in [0.25, 0.3) is 0 Å². The highest BCUT2D eigenvalue weighted by Gasteiger charge is 2.50. The van der Waals surface area contributed by atoms with Crippen LogP contribution in [0.4, 0.5) is 0 Å². The molecule has 3 nitrogen and oxygen atoms in total. The van der Waals surface area contributed by atoms with Crippen LogP contribution in [0, 0.1) is 0 Å². The topological polar surface area (TPSA) is 46.5 Å². The lowest BCUT2D eigenvalue weighted by Crippen LogP contribution is -2.54. The first-order valence-corrected chi connectivity index (χ1v) is 4.13. The summed E-state index contributed by atoms with van der Waals surface area (Å²) < 4.78 is 4.69. The fraction of sp³-hybridized carbons (Fsp3) is 0.300. The average molecular weight is 178 g/mol. The second-order valence-corrected chi connectivity index (χ2v) is 3.18. The van der Waals surface area contributed by atoms with Gasteiger partial charge >= 0.3 is 5.97 Å². The van der Waals surface area contributed by atoms with Crippen molar-refractivity contribution in [3.8, 4) is 0 Å². The van der Waals surface area contributed by atoms with Crippen LogP contribution >= 0.6 is 0 Å². The molecule has 1 aromatic carbocycles. The molecule has 1 saturated heterocycles. The summed E-state index contributed by atoms with van der Waals surface area (Å²) in [6.45, 7) is 0.0994. The first-order valence-electron chi connectivity index (χ1n) is 4.13. The fourth-order valence-corrected chi connectivity index (χ4v) is 1.47. The van der Waals surface area contributed by atoms with Crippen LogP contribution in [-0.2, 0) is 14.9 Å². The molecule has 0 bridgehead atoms. The third-order valence-electron chi connectivity index (χ3n) is 2.44. The number of ether oxygens (including phenoxy) is 1. The molecule has 0 radical (unpaired) electrons. The van der Waals surface area contributed by atoms with E-state index in [4.69, 9.17) is 9.84 Å².